The molecule has 1 saturated carbocycles. The fourth-order valence-electron chi connectivity index (χ4n) is 1.84. The smallest absolute Gasteiger partial charge is 0.319 e. The van der Waals surface area contributed by atoms with E-state index < -0.39 is 0 Å². The van der Waals surface area contributed by atoms with Crippen molar-refractivity contribution in [3.8, 4) is 5.75 Å². The summed E-state index contributed by atoms with van der Waals surface area (Å²) in [6.07, 6.45) is 2.21. The monoisotopic (exact) mass is 288 g/mol. The van der Waals surface area contributed by atoms with Crippen molar-refractivity contribution in [3.05, 3.63) is 36.0 Å². The summed E-state index contributed by atoms with van der Waals surface area (Å²) >= 11 is 0. The van der Waals surface area contributed by atoms with Gasteiger partial charge in [-0.3, -0.25) is 0 Å². The minimum atomic E-state index is -0.327. The van der Waals surface area contributed by atoms with Crippen LogP contribution in [0.4, 0.5) is 10.5 Å². The van der Waals surface area contributed by atoms with Gasteiger partial charge in [-0.15, -0.1) is 10.2 Å². The van der Waals surface area contributed by atoms with Crippen molar-refractivity contribution >= 4 is 11.7 Å². The number of nitrogens with zero attached hydrogens (tertiary/aromatic N) is 2. The zero-order chi connectivity index (χ0) is 14.7. The molecule has 7 heteroatoms. The molecule has 2 aromatic rings. The SMILES string of the molecule is COc1ccc(NC(=O)NCc2nnc(C3CC3)o2)cc1. The molecule has 1 heterocycles. The van der Waals surface area contributed by atoms with Gasteiger partial charge in [0.15, 0.2) is 0 Å². The van der Waals surface area contributed by atoms with Crippen LogP contribution in [-0.2, 0) is 6.54 Å². The molecule has 21 heavy (non-hydrogen) atoms. The summed E-state index contributed by atoms with van der Waals surface area (Å²) in [4.78, 5) is 11.7. The maximum atomic E-state index is 11.7. The van der Waals surface area contributed by atoms with Crippen LogP contribution in [0.5, 0.6) is 5.75 Å². The Hall–Kier alpha value is -2.57. The fraction of sp³-hybridized carbons (Fsp3) is 0.357. The Morgan fingerprint density at radius 3 is 2.76 bits per heavy atom. The van der Waals surface area contributed by atoms with Crippen molar-refractivity contribution in [1.82, 2.24) is 15.5 Å². The maximum absolute atomic E-state index is 11.7. The molecule has 0 atom stereocenters. The second kappa shape index (κ2) is 5.82. The molecule has 0 aliphatic heterocycles. The molecule has 1 aromatic heterocycles. The van der Waals surface area contributed by atoms with Gasteiger partial charge in [-0.2, -0.15) is 0 Å². The lowest BCUT2D eigenvalue weighted by Crippen LogP contribution is -2.28. The van der Waals surface area contributed by atoms with Gasteiger partial charge in [-0.05, 0) is 37.1 Å². The van der Waals surface area contributed by atoms with Crippen LogP contribution in [0.15, 0.2) is 28.7 Å². The molecule has 0 unspecified atom stereocenters. The van der Waals surface area contributed by atoms with Gasteiger partial charge in [0.25, 0.3) is 0 Å². The summed E-state index contributed by atoms with van der Waals surface area (Å²) in [6.45, 7) is 0.210. The number of urea groups is 1. The average molecular weight is 288 g/mol. The quantitative estimate of drug-likeness (QED) is 0.881. The Morgan fingerprint density at radius 2 is 2.10 bits per heavy atom. The van der Waals surface area contributed by atoms with Crippen molar-refractivity contribution in [1.29, 1.82) is 0 Å². The molecule has 1 aromatic carbocycles. The Morgan fingerprint density at radius 1 is 1.33 bits per heavy atom. The number of ether oxygens (including phenoxy) is 1. The van der Waals surface area contributed by atoms with Gasteiger partial charge in [0.2, 0.25) is 11.8 Å². The van der Waals surface area contributed by atoms with Gasteiger partial charge < -0.3 is 19.8 Å². The molecule has 0 spiro atoms. The van der Waals surface area contributed by atoms with Crippen molar-refractivity contribution < 1.29 is 13.9 Å². The fourth-order valence-corrected chi connectivity index (χ4v) is 1.84. The van der Waals surface area contributed by atoms with Crippen LogP contribution in [0.2, 0.25) is 0 Å². The molecule has 1 aliphatic rings. The molecule has 2 amide bonds. The van der Waals surface area contributed by atoms with Crippen LogP contribution < -0.4 is 15.4 Å². The minimum absolute atomic E-state index is 0.210. The third-order valence-electron chi connectivity index (χ3n) is 3.16. The Kier molecular flexibility index (Phi) is 3.72. The van der Waals surface area contributed by atoms with Crippen LogP contribution in [0.3, 0.4) is 0 Å². The summed E-state index contributed by atoms with van der Waals surface area (Å²) in [5, 5.41) is 13.2. The molecule has 1 fully saturated rings. The highest BCUT2D eigenvalue weighted by molar-refractivity contribution is 5.89. The number of methoxy groups -OCH3 is 1. The molecule has 3 rings (SSSR count). The number of hydrogen-bond donors (Lipinski definition) is 2. The third kappa shape index (κ3) is 3.50. The zero-order valence-corrected chi connectivity index (χ0v) is 11.6. The first-order valence-electron chi connectivity index (χ1n) is 6.76. The minimum Gasteiger partial charge on any atom is -0.497 e. The number of aromatic nitrogens is 2. The molecule has 7 nitrogen and oxygen atoms in total. The van der Waals surface area contributed by atoms with Crippen LogP contribution in [-0.4, -0.2) is 23.3 Å². The number of amides is 2. The van der Waals surface area contributed by atoms with Crippen molar-refractivity contribution in [2.24, 2.45) is 0 Å². The van der Waals surface area contributed by atoms with E-state index in [0.29, 0.717) is 23.4 Å². The lowest BCUT2D eigenvalue weighted by molar-refractivity contribution is 0.250. The topological polar surface area (TPSA) is 89.3 Å². The lowest BCUT2D eigenvalue weighted by atomic mass is 10.3. The summed E-state index contributed by atoms with van der Waals surface area (Å²) in [5.74, 6) is 2.24. The summed E-state index contributed by atoms with van der Waals surface area (Å²) in [7, 11) is 1.59. The van der Waals surface area contributed by atoms with E-state index in [9.17, 15) is 4.79 Å². The number of anilines is 1. The highest BCUT2D eigenvalue weighted by Gasteiger charge is 2.29. The van der Waals surface area contributed by atoms with Crippen molar-refractivity contribution in [2.45, 2.75) is 25.3 Å². The number of carbonyl (C=O) groups is 1. The van der Waals surface area contributed by atoms with E-state index in [4.69, 9.17) is 9.15 Å². The third-order valence-corrected chi connectivity index (χ3v) is 3.16. The van der Waals surface area contributed by atoms with E-state index in [-0.39, 0.29) is 12.6 Å². The Bertz CT molecular complexity index is 619. The molecular weight excluding hydrogens is 272 g/mol. The van der Waals surface area contributed by atoms with E-state index in [1.54, 1.807) is 31.4 Å². The van der Waals surface area contributed by atoms with Crippen LogP contribution in [0.25, 0.3) is 0 Å². The van der Waals surface area contributed by atoms with Gasteiger partial charge in [-0.25, -0.2) is 4.79 Å². The average Bonchev–Trinajstić information content (AvgIpc) is 3.25. The predicted molar refractivity (Wildman–Crippen MR) is 75.1 cm³/mol. The van der Waals surface area contributed by atoms with Crippen LogP contribution >= 0.6 is 0 Å². The highest BCUT2D eigenvalue weighted by Crippen LogP contribution is 2.38. The van der Waals surface area contributed by atoms with E-state index in [1.165, 1.54) is 0 Å². The summed E-state index contributed by atoms with van der Waals surface area (Å²) in [5.41, 5.74) is 0.678. The van der Waals surface area contributed by atoms with Gasteiger partial charge in [0, 0.05) is 11.6 Å². The predicted octanol–water partition coefficient (Wildman–Crippen LogP) is 2.28. The van der Waals surface area contributed by atoms with Crippen molar-refractivity contribution in [2.75, 3.05) is 12.4 Å². The number of benzene rings is 1. The second-order valence-corrected chi connectivity index (χ2v) is 4.84. The van der Waals surface area contributed by atoms with E-state index in [0.717, 1.165) is 18.6 Å². The number of carbonyl (C=O) groups excluding carboxylic acids is 1. The van der Waals surface area contributed by atoms with Gasteiger partial charge in [0.05, 0.1) is 13.7 Å². The number of nitrogens with one attached hydrogen (secondary N) is 2. The zero-order valence-electron chi connectivity index (χ0n) is 11.6. The maximum Gasteiger partial charge on any atom is 0.319 e. The van der Waals surface area contributed by atoms with E-state index >= 15 is 0 Å². The van der Waals surface area contributed by atoms with E-state index in [2.05, 4.69) is 20.8 Å². The highest BCUT2D eigenvalue weighted by atomic mass is 16.5. The summed E-state index contributed by atoms with van der Waals surface area (Å²) < 4.78 is 10.5. The summed E-state index contributed by atoms with van der Waals surface area (Å²) in [6, 6.07) is 6.74. The molecule has 1 aliphatic carbocycles. The van der Waals surface area contributed by atoms with Gasteiger partial charge in [-0.1, -0.05) is 0 Å². The molecule has 0 saturated heterocycles. The lowest BCUT2D eigenvalue weighted by Gasteiger charge is -2.06. The number of hydrogen-bond acceptors (Lipinski definition) is 5. The molecule has 0 bridgehead atoms. The molecule has 0 radical (unpaired) electrons. The Balaban J connectivity index is 1.48. The largest absolute Gasteiger partial charge is 0.497 e. The Labute approximate surface area is 121 Å². The van der Waals surface area contributed by atoms with Gasteiger partial charge in [0.1, 0.15) is 5.75 Å². The normalized spacial score (nSPS) is 13.8. The number of rotatable bonds is 5. The first-order chi connectivity index (χ1) is 10.2. The second-order valence-electron chi connectivity index (χ2n) is 4.84. The van der Waals surface area contributed by atoms with Gasteiger partial charge >= 0.3 is 6.03 Å². The van der Waals surface area contributed by atoms with Crippen LogP contribution in [0, 0.1) is 0 Å². The molecule has 2 N–H and O–H groups in total. The molecule has 110 valence electrons. The van der Waals surface area contributed by atoms with E-state index in [1.807, 2.05) is 0 Å². The first-order valence-corrected chi connectivity index (χ1v) is 6.76. The van der Waals surface area contributed by atoms with Crippen molar-refractivity contribution in [3.63, 3.8) is 0 Å². The van der Waals surface area contributed by atoms with Crippen LogP contribution in [0.1, 0.15) is 30.5 Å². The molecular formula is C14H16N4O3. The standard InChI is InChI=1S/C14H16N4O3/c1-20-11-6-4-10(5-7-11)16-14(19)15-8-12-17-18-13(21-12)9-2-3-9/h4-7,9H,2-3,8H2,1H3,(H2,15,16,19). The first kappa shape index (κ1) is 13.4.